The molecule has 0 saturated carbocycles. The van der Waals surface area contributed by atoms with E-state index in [1.165, 1.54) is 0 Å². The summed E-state index contributed by atoms with van der Waals surface area (Å²) in [5.41, 5.74) is 0. The van der Waals surface area contributed by atoms with E-state index in [0.717, 1.165) is 17.5 Å². The molecule has 5 atom stereocenters. The van der Waals surface area contributed by atoms with Crippen LogP contribution >= 0.6 is 0 Å². The van der Waals surface area contributed by atoms with Crippen molar-refractivity contribution in [3.05, 3.63) is 67.1 Å². The predicted octanol–water partition coefficient (Wildman–Crippen LogP) is -0.724. The minimum absolute atomic E-state index is 0.0797. The first-order valence-corrected chi connectivity index (χ1v) is 14.9. The van der Waals surface area contributed by atoms with Crippen molar-refractivity contribution in [1.82, 2.24) is 23.5 Å². The molecule has 232 valence electrons. The molecule has 4 rings (SSSR count). The molecule has 0 aliphatic carbocycles. The van der Waals surface area contributed by atoms with Gasteiger partial charge in [-0.15, -0.1) is 0 Å². The highest BCUT2D eigenvalue weighted by atomic mass is 16.5. The van der Waals surface area contributed by atoms with Crippen LogP contribution in [0.25, 0.3) is 0 Å². The van der Waals surface area contributed by atoms with Crippen LogP contribution in [0.4, 0.5) is 0 Å². The number of aliphatic hydroxyl groups is 3. The lowest BCUT2D eigenvalue weighted by atomic mass is 10.3. The van der Waals surface area contributed by atoms with Gasteiger partial charge < -0.3 is 29.9 Å². The molecule has 3 aromatic rings. The molecule has 0 spiro atoms. The normalized spacial score (nSPS) is 18.2. The molecule has 5 unspecified atom stereocenters. The molecule has 42 heavy (non-hydrogen) atoms. The molecule has 0 amide bonds. The smallest absolute Gasteiger partial charge is 0.253 e. The first-order valence-electron chi connectivity index (χ1n) is 14.9. The molecule has 0 radical (unpaired) electrons. The van der Waals surface area contributed by atoms with E-state index in [-0.39, 0.29) is 18.9 Å². The van der Waals surface area contributed by atoms with Gasteiger partial charge in [-0.2, -0.15) is 0 Å². The van der Waals surface area contributed by atoms with Crippen molar-refractivity contribution in [2.24, 2.45) is 14.1 Å². The van der Waals surface area contributed by atoms with E-state index in [1.54, 1.807) is 0 Å². The first-order chi connectivity index (χ1) is 19.9. The van der Waals surface area contributed by atoms with Gasteiger partial charge in [0.15, 0.2) is 0 Å². The van der Waals surface area contributed by atoms with Crippen LogP contribution in [-0.2, 0) is 45.0 Å². The Morgan fingerprint density at radius 3 is 1.79 bits per heavy atom. The summed E-state index contributed by atoms with van der Waals surface area (Å²) in [7, 11) is 3.99. The van der Waals surface area contributed by atoms with Gasteiger partial charge in [-0.3, -0.25) is 0 Å². The summed E-state index contributed by atoms with van der Waals surface area (Å²) in [6.07, 6.45) is 14.3. The quantitative estimate of drug-likeness (QED) is 0.203. The van der Waals surface area contributed by atoms with Crippen LogP contribution in [0, 0.1) is 20.8 Å². The zero-order valence-electron chi connectivity index (χ0n) is 26.3. The van der Waals surface area contributed by atoms with Crippen molar-refractivity contribution < 1.29 is 33.8 Å². The van der Waals surface area contributed by atoms with Crippen molar-refractivity contribution in [2.75, 3.05) is 19.7 Å². The topological polar surface area (TPSA) is 103 Å². The highest BCUT2D eigenvalue weighted by molar-refractivity contribution is 4.97. The molecule has 12 heteroatoms. The summed E-state index contributed by atoms with van der Waals surface area (Å²) in [6, 6.07) is 0. The molecule has 0 saturated heterocycles. The lowest BCUT2D eigenvalue weighted by Gasteiger charge is -2.32. The lowest BCUT2D eigenvalue weighted by Crippen LogP contribution is -2.43. The number of nitrogens with zero attached hydrogens (tertiary/aromatic N) is 8. The number of aryl methyl sites for hydroxylation is 2. The van der Waals surface area contributed by atoms with Crippen molar-refractivity contribution in [1.29, 1.82) is 0 Å². The Hall–Kier alpha value is -3.19. The van der Waals surface area contributed by atoms with E-state index in [0.29, 0.717) is 39.3 Å². The predicted molar refractivity (Wildman–Crippen MR) is 156 cm³/mol. The second-order valence-corrected chi connectivity index (χ2v) is 11.8. The minimum Gasteiger partial charge on any atom is -0.387 e. The van der Waals surface area contributed by atoms with Crippen LogP contribution < -0.4 is 13.7 Å². The van der Waals surface area contributed by atoms with E-state index in [4.69, 9.17) is 4.74 Å². The van der Waals surface area contributed by atoms with Crippen LogP contribution in [0.5, 0.6) is 0 Å². The highest BCUT2D eigenvalue weighted by Gasteiger charge is 2.27. The largest absolute Gasteiger partial charge is 0.387 e. The summed E-state index contributed by atoms with van der Waals surface area (Å²) >= 11 is 0. The fourth-order valence-electron chi connectivity index (χ4n) is 5.49. The maximum Gasteiger partial charge on any atom is 0.253 e. The van der Waals surface area contributed by atoms with Gasteiger partial charge in [0.1, 0.15) is 81.7 Å². The average molecular weight is 588 g/mol. The maximum atomic E-state index is 10.7. The van der Waals surface area contributed by atoms with E-state index < -0.39 is 18.3 Å². The second kappa shape index (κ2) is 13.9. The van der Waals surface area contributed by atoms with Gasteiger partial charge in [0.25, 0.3) is 17.5 Å². The van der Waals surface area contributed by atoms with Crippen molar-refractivity contribution in [3.8, 4) is 0 Å². The summed E-state index contributed by atoms with van der Waals surface area (Å²) in [6.45, 7) is 13.6. The number of rotatable bonds is 15. The number of hydrogen-bond donors (Lipinski definition) is 3. The number of hydrogen-bond acceptors (Lipinski definition) is 6. The Morgan fingerprint density at radius 2 is 1.21 bits per heavy atom. The SMILES string of the molecule is Cc1n(CC(O)CN2C=CN(CC(C)OCC(O)Cn3cc[n+](CC(O)Cn4cc[n+](C)c4C)c3C)C2C)cc[n+]1C. The van der Waals surface area contributed by atoms with Gasteiger partial charge in [0.05, 0.1) is 33.0 Å². The number of ether oxygens (including phenoxy) is 1. The van der Waals surface area contributed by atoms with Gasteiger partial charge in [-0.05, 0) is 13.8 Å². The van der Waals surface area contributed by atoms with E-state index >= 15 is 0 Å². The molecule has 0 fully saturated rings. The summed E-state index contributed by atoms with van der Waals surface area (Å²) in [5.74, 6) is 3.16. The third-order valence-corrected chi connectivity index (χ3v) is 8.55. The van der Waals surface area contributed by atoms with Gasteiger partial charge >= 0.3 is 0 Å². The monoisotopic (exact) mass is 587 g/mol. The summed E-state index contributed by atoms with van der Waals surface area (Å²) in [4.78, 5) is 4.34. The van der Waals surface area contributed by atoms with Gasteiger partial charge in [0, 0.05) is 46.3 Å². The zero-order chi connectivity index (χ0) is 30.6. The molecular weight excluding hydrogens is 536 g/mol. The van der Waals surface area contributed by atoms with Crippen LogP contribution in [-0.4, -0.2) is 89.1 Å². The molecule has 1 aliphatic heterocycles. The summed E-state index contributed by atoms with van der Waals surface area (Å²) in [5, 5.41) is 32.1. The third-order valence-electron chi connectivity index (χ3n) is 8.55. The zero-order valence-corrected chi connectivity index (χ0v) is 26.3. The molecule has 12 nitrogen and oxygen atoms in total. The van der Waals surface area contributed by atoms with Crippen LogP contribution in [0.3, 0.4) is 0 Å². The number of aromatic nitrogens is 6. The third kappa shape index (κ3) is 7.80. The molecule has 0 bridgehead atoms. The minimum atomic E-state index is -0.656. The molecule has 1 aliphatic rings. The van der Waals surface area contributed by atoms with Crippen molar-refractivity contribution >= 4 is 0 Å². The Morgan fingerprint density at radius 1 is 0.714 bits per heavy atom. The Labute approximate surface area is 249 Å². The Balaban J connectivity index is 1.18. The average Bonchev–Trinajstić information content (AvgIpc) is 3.65. The standard InChI is InChI=1S/C30H51N8O4/c1-23(16-33-12-13-36(26(33)4)19-28(39)17-34-10-8-31(6)24(34)2)42-22-30(41)21-38-15-14-37(27(38)5)20-29(40)18-35-11-9-32(7)25(35)3/h8-15,23,26,28-30,39-41H,16-22H2,1-7H3/q+3. The fraction of sp³-hybridized carbons (Fsp3) is 0.633. The first kappa shape index (κ1) is 31.7. The van der Waals surface area contributed by atoms with Gasteiger partial charge in [0.2, 0.25) is 0 Å². The number of imidazole rings is 3. The van der Waals surface area contributed by atoms with E-state index in [1.807, 2.05) is 114 Å². The molecule has 0 aromatic carbocycles. The molecule has 4 heterocycles. The Kier molecular flexibility index (Phi) is 10.5. The summed E-state index contributed by atoms with van der Waals surface area (Å²) < 4.78 is 18.2. The molecular formula is C30H51N8O4+3. The van der Waals surface area contributed by atoms with Crippen molar-refractivity contribution in [3.63, 3.8) is 0 Å². The van der Waals surface area contributed by atoms with Crippen LogP contribution in [0.1, 0.15) is 31.3 Å². The highest BCUT2D eigenvalue weighted by Crippen LogP contribution is 2.17. The molecule has 3 N–H and O–H groups in total. The van der Waals surface area contributed by atoms with E-state index in [2.05, 4.69) is 21.3 Å². The van der Waals surface area contributed by atoms with Crippen LogP contribution in [0.15, 0.2) is 49.6 Å². The number of aliphatic hydroxyl groups excluding tert-OH is 3. The second-order valence-electron chi connectivity index (χ2n) is 11.8. The number of β-amino-alcohol motifs (C(OH)–C–C–N with tert-alkyl or cyclic N) is 1. The Bertz CT molecular complexity index is 1330. The maximum absolute atomic E-state index is 10.7. The molecule has 3 aromatic heterocycles. The lowest BCUT2D eigenvalue weighted by molar-refractivity contribution is -0.709. The van der Waals surface area contributed by atoms with Crippen molar-refractivity contribution in [2.45, 2.75) is 91.4 Å². The van der Waals surface area contributed by atoms with E-state index in [9.17, 15) is 15.3 Å². The van der Waals surface area contributed by atoms with Gasteiger partial charge in [-0.1, -0.05) is 0 Å². The fourth-order valence-corrected chi connectivity index (χ4v) is 5.49. The van der Waals surface area contributed by atoms with Crippen LogP contribution in [0.2, 0.25) is 0 Å². The van der Waals surface area contributed by atoms with Gasteiger partial charge in [-0.25, -0.2) is 27.4 Å².